The van der Waals surface area contributed by atoms with Crippen molar-refractivity contribution >= 4 is 9.84 Å². The van der Waals surface area contributed by atoms with Crippen LogP contribution in [-0.2, 0) is 9.84 Å². The molecule has 1 aliphatic rings. The zero-order chi connectivity index (χ0) is 11.8. The molecule has 2 unspecified atom stereocenters. The molecule has 0 bridgehead atoms. The first-order chi connectivity index (χ1) is 7.49. The maximum absolute atomic E-state index is 12.7. The van der Waals surface area contributed by atoms with Gasteiger partial charge < -0.3 is 5.32 Å². The van der Waals surface area contributed by atoms with Crippen molar-refractivity contribution in [2.24, 2.45) is 0 Å². The van der Waals surface area contributed by atoms with Crippen molar-refractivity contribution < 1.29 is 12.8 Å². The first kappa shape index (κ1) is 11.5. The molecule has 2 heterocycles. The largest absolute Gasteiger partial charge is 0.307 e. The number of hydrogen-bond acceptors (Lipinski definition) is 4. The smallest absolute Gasteiger partial charge is 0.156 e. The summed E-state index contributed by atoms with van der Waals surface area (Å²) in [5.41, 5.74) is 0.567. The van der Waals surface area contributed by atoms with Crippen molar-refractivity contribution in [1.82, 2.24) is 10.3 Å². The van der Waals surface area contributed by atoms with Crippen molar-refractivity contribution in [3.8, 4) is 0 Å². The summed E-state index contributed by atoms with van der Waals surface area (Å²) in [6.45, 7) is 2.09. The summed E-state index contributed by atoms with van der Waals surface area (Å²) in [5, 5.41) is 2.72. The van der Waals surface area contributed by atoms with Crippen LogP contribution in [0, 0.1) is 5.82 Å². The second kappa shape index (κ2) is 4.10. The number of halogens is 1. The van der Waals surface area contributed by atoms with Gasteiger partial charge in [0.1, 0.15) is 5.82 Å². The molecule has 1 saturated heterocycles. The number of pyridine rings is 1. The Bertz CT molecular complexity index is 472. The van der Waals surface area contributed by atoms with Crippen LogP contribution in [0.5, 0.6) is 0 Å². The van der Waals surface area contributed by atoms with Crippen molar-refractivity contribution in [3.05, 3.63) is 29.8 Å². The fraction of sp³-hybridized carbons (Fsp3) is 0.500. The Morgan fingerprint density at radius 3 is 2.81 bits per heavy atom. The number of aromatic nitrogens is 1. The van der Waals surface area contributed by atoms with E-state index in [1.165, 1.54) is 12.1 Å². The van der Waals surface area contributed by atoms with E-state index in [0.29, 0.717) is 12.2 Å². The summed E-state index contributed by atoms with van der Waals surface area (Å²) >= 11 is 0. The number of rotatable bonds is 1. The fourth-order valence-corrected chi connectivity index (χ4v) is 3.11. The third-order valence-corrected chi connectivity index (χ3v) is 4.96. The molecular formula is C10H13FN2O2S. The molecule has 0 radical (unpaired) electrons. The van der Waals surface area contributed by atoms with Gasteiger partial charge in [-0.2, -0.15) is 0 Å². The molecule has 0 saturated carbocycles. The molecule has 0 amide bonds. The van der Waals surface area contributed by atoms with E-state index in [0.717, 1.165) is 6.20 Å². The minimum atomic E-state index is -3.07. The molecule has 1 N–H and O–H groups in total. The third kappa shape index (κ3) is 2.22. The summed E-state index contributed by atoms with van der Waals surface area (Å²) in [4.78, 5) is 3.89. The average Bonchev–Trinajstić information content (AvgIpc) is 2.23. The van der Waals surface area contributed by atoms with Crippen LogP contribution in [0.2, 0.25) is 0 Å². The van der Waals surface area contributed by atoms with Crippen molar-refractivity contribution in [2.45, 2.75) is 18.2 Å². The zero-order valence-corrected chi connectivity index (χ0v) is 9.67. The Morgan fingerprint density at radius 1 is 1.50 bits per heavy atom. The Balaban J connectivity index is 2.21. The van der Waals surface area contributed by atoms with Crippen molar-refractivity contribution in [3.63, 3.8) is 0 Å². The Hall–Kier alpha value is -1.01. The van der Waals surface area contributed by atoms with Crippen LogP contribution in [0.4, 0.5) is 4.39 Å². The highest BCUT2D eigenvalue weighted by Gasteiger charge is 2.32. The van der Waals surface area contributed by atoms with Crippen LogP contribution in [0.3, 0.4) is 0 Å². The van der Waals surface area contributed by atoms with Crippen LogP contribution < -0.4 is 5.32 Å². The Kier molecular flexibility index (Phi) is 2.94. The van der Waals surface area contributed by atoms with E-state index < -0.39 is 15.7 Å². The van der Waals surface area contributed by atoms with Gasteiger partial charge in [0.15, 0.2) is 9.84 Å². The third-order valence-electron chi connectivity index (χ3n) is 2.77. The van der Waals surface area contributed by atoms with Gasteiger partial charge in [-0.25, -0.2) is 12.8 Å². The lowest BCUT2D eigenvalue weighted by molar-refractivity contribution is 0.494. The number of hydrogen-bond donors (Lipinski definition) is 1. The molecule has 6 heteroatoms. The molecule has 0 aromatic carbocycles. The summed E-state index contributed by atoms with van der Waals surface area (Å²) in [5.74, 6) is -0.400. The van der Waals surface area contributed by atoms with Gasteiger partial charge in [-0.05, 0) is 19.1 Å². The topological polar surface area (TPSA) is 59.1 Å². The molecular weight excluding hydrogens is 231 g/mol. The second-order valence-electron chi connectivity index (χ2n) is 4.00. The first-order valence-corrected chi connectivity index (χ1v) is 6.77. The molecule has 4 nitrogen and oxygen atoms in total. The minimum absolute atomic E-state index is 0.0206. The maximum Gasteiger partial charge on any atom is 0.156 e. The van der Waals surface area contributed by atoms with Gasteiger partial charge in [-0.1, -0.05) is 0 Å². The van der Waals surface area contributed by atoms with Gasteiger partial charge >= 0.3 is 0 Å². The molecule has 0 spiro atoms. The normalized spacial score (nSPS) is 28.9. The number of sulfone groups is 1. The summed E-state index contributed by atoms with van der Waals surface area (Å²) in [6.07, 6.45) is 1.10. The number of nitrogens with one attached hydrogen (secondary N) is 1. The van der Waals surface area contributed by atoms with Crippen LogP contribution in [0.1, 0.15) is 18.7 Å². The lowest BCUT2D eigenvalue weighted by Crippen LogP contribution is -2.44. The minimum Gasteiger partial charge on any atom is -0.307 e. The van der Waals surface area contributed by atoms with Crippen LogP contribution in [-0.4, -0.2) is 30.9 Å². The SMILES string of the molecule is CC1CNC(c2ccc(F)cn2)CS1(=O)=O. The quantitative estimate of drug-likeness (QED) is 0.788. The van der Waals surface area contributed by atoms with Gasteiger partial charge in [0.2, 0.25) is 0 Å². The summed E-state index contributed by atoms with van der Waals surface area (Å²) in [7, 11) is -3.07. The van der Waals surface area contributed by atoms with E-state index in [2.05, 4.69) is 10.3 Å². The molecule has 1 aliphatic heterocycles. The standard InChI is InChI=1S/C10H13FN2O2S/c1-7-4-12-10(6-16(7,14)15)9-3-2-8(11)5-13-9/h2-3,5,7,10,12H,4,6H2,1H3. The predicted molar refractivity (Wildman–Crippen MR) is 58.2 cm³/mol. The van der Waals surface area contributed by atoms with Gasteiger partial charge in [0.25, 0.3) is 0 Å². The van der Waals surface area contributed by atoms with Gasteiger partial charge in [-0.3, -0.25) is 4.98 Å². The molecule has 88 valence electrons. The molecule has 2 rings (SSSR count). The highest BCUT2D eigenvalue weighted by Crippen LogP contribution is 2.20. The lowest BCUT2D eigenvalue weighted by atomic mass is 10.2. The van der Waals surface area contributed by atoms with Crippen LogP contribution in [0.15, 0.2) is 18.3 Å². The molecule has 2 atom stereocenters. The van der Waals surface area contributed by atoms with Gasteiger partial charge in [0, 0.05) is 6.54 Å². The van der Waals surface area contributed by atoms with Crippen molar-refractivity contribution in [2.75, 3.05) is 12.3 Å². The van der Waals surface area contributed by atoms with Crippen LogP contribution in [0.25, 0.3) is 0 Å². The van der Waals surface area contributed by atoms with E-state index in [4.69, 9.17) is 0 Å². The molecule has 1 aromatic heterocycles. The summed E-state index contributed by atoms with van der Waals surface area (Å²) in [6, 6.07) is 2.47. The zero-order valence-electron chi connectivity index (χ0n) is 8.85. The van der Waals surface area contributed by atoms with E-state index in [1.54, 1.807) is 6.92 Å². The summed E-state index contributed by atoms with van der Waals surface area (Å²) < 4.78 is 36.0. The van der Waals surface area contributed by atoms with E-state index >= 15 is 0 Å². The highest BCUT2D eigenvalue weighted by molar-refractivity contribution is 7.92. The molecule has 1 fully saturated rings. The van der Waals surface area contributed by atoms with E-state index in [-0.39, 0.29) is 17.0 Å². The molecule has 1 aromatic rings. The van der Waals surface area contributed by atoms with E-state index in [9.17, 15) is 12.8 Å². The van der Waals surface area contributed by atoms with Crippen molar-refractivity contribution in [1.29, 1.82) is 0 Å². The van der Waals surface area contributed by atoms with Gasteiger partial charge in [-0.15, -0.1) is 0 Å². The number of nitrogens with zero attached hydrogens (tertiary/aromatic N) is 1. The maximum atomic E-state index is 12.7. The van der Waals surface area contributed by atoms with Crippen LogP contribution >= 0.6 is 0 Å². The lowest BCUT2D eigenvalue weighted by Gasteiger charge is -2.27. The van der Waals surface area contributed by atoms with Gasteiger partial charge in [0.05, 0.1) is 28.9 Å². The monoisotopic (exact) mass is 244 g/mol. The Morgan fingerprint density at radius 2 is 2.25 bits per heavy atom. The predicted octanol–water partition coefficient (Wildman–Crippen LogP) is 0.668. The van der Waals surface area contributed by atoms with E-state index in [1.807, 2.05) is 0 Å². The highest BCUT2D eigenvalue weighted by atomic mass is 32.2. The average molecular weight is 244 g/mol. The second-order valence-corrected chi connectivity index (χ2v) is 6.47. The first-order valence-electron chi connectivity index (χ1n) is 5.05. The molecule has 16 heavy (non-hydrogen) atoms. The Labute approximate surface area is 93.8 Å². The molecule has 0 aliphatic carbocycles. The fourth-order valence-electron chi connectivity index (χ4n) is 1.67.